The number of hydrogen-bond acceptors (Lipinski definition) is 6. The lowest BCUT2D eigenvalue weighted by Crippen LogP contribution is -2.08. The molecule has 5 rings (SSSR count). The molecule has 2 heterocycles. The summed E-state index contributed by atoms with van der Waals surface area (Å²) in [5.74, 6) is 0.772. The van der Waals surface area contributed by atoms with Gasteiger partial charge in [-0.1, -0.05) is 18.2 Å². The van der Waals surface area contributed by atoms with Crippen LogP contribution in [0.1, 0.15) is 18.1 Å². The molecule has 7 nitrogen and oxygen atoms in total. The second kappa shape index (κ2) is 8.14. The molecule has 0 atom stereocenters. The Morgan fingerprint density at radius 3 is 2.24 bits per heavy atom. The summed E-state index contributed by atoms with van der Waals surface area (Å²) in [5.41, 5.74) is 11.0. The standard InChI is InChI=1S/C26H24N4O3S/c1-4-33-19-12-10-18(11-13-19)30-25(27)24(34(31,32)20-14-9-16(2)17(3)15-20)23-26(30)29-22-8-6-5-7-21(22)28-23/h5-15H,4,27H2,1-3H3. The van der Waals surface area contributed by atoms with E-state index in [1.807, 2.05) is 63.2 Å². The van der Waals surface area contributed by atoms with Gasteiger partial charge in [0.05, 0.1) is 22.5 Å². The number of aromatic nitrogens is 3. The van der Waals surface area contributed by atoms with Gasteiger partial charge in [0.25, 0.3) is 0 Å². The highest BCUT2D eigenvalue weighted by Gasteiger charge is 2.31. The number of sulfone groups is 1. The molecule has 34 heavy (non-hydrogen) atoms. The van der Waals surface area contributed by atoms with E-state index in [0.717, 1.165) is 11.1 Å². The van der Waals surface area contributed by atoms with Crippen molar-refractivity contribution in [1.82, 2.24) is 14.5 Å². The normalized spacial score (nSPS) is 11.9. The SMILES string of the molecule is CCOc1ccc(-n2c(N)c(S(=O)(=O)c3ccc(C)c(C)c3)c3nc4ccccc4nc32)cc1. The van der Waals surface area contributed by atoms with Crippen LogP contribution in [0.3, 0.4) is 0 Å². The molecule has 0 unspecified atom stereocenters. The number of hydrogen-bond donors (Lipinski definition) is 1. The van der Waals surface area contributed by atoms with Gasteiger partial charge in [-0.25, -0.2) is 18.4 Å². The summed E-state index contributed by atoms with van der Waals surface area (Å²) in [6, 6.07) is 19.7. The van der Waals surface area contributed by atoms with Gasteiger partial charge in [0.1, 0.15) is 22.0 Å². The van der Waals surface area contributed by atoms with Crippen molar-refractivity contribution in [3.05, 3.63) is 77.9 Å². The van der Waals surface area contributed by atoms with E-state index in [4.69, 9.17) is 20.4 Å². The van der Waals surface area contributed by atoms with Crippen molar-refractivity contribution < 1.29 is 13.2 Å². The Balaban J connectivity index is 1.83. The van der Waals surface area contributed by atoms with E-state index < -0.39 is 9.84 Å². The van der Waals surface area contributed by atoms with E-state index >= 15 is 0 Å². The first-order valence-corrected chi connectivity index (χ1v) is 12.4. The predicted octanol–water partition coefficient (Wildman–Crippen LogP) is 5.00. The third-order valence-corrected chi connectivity index (χ3v) is 7.73. The molecule has 8 heteroatoms. The number of fused-ring (bicyclic) bond motifs is 2. The molecule has 0 fully saturated rings. The van der Waals surface area contributed by atoms with Crippen LogP contribution in [0.5, 0.6) is 5.75 Å². The van der Waals surface area contributed by atoms with E-state index in [1.165, 1.54) is 0 Å². The van der Waals surface area contributed by atoms with Crippen LogP contribution in [0.15, 0.2) is 76.5 Å². The van der Waals surface area contributed by atoms with Gasteiger partial charge in [-0.15, -0.1) is 0 Å². The Morgan fingerprint density at radius 1 is 0.912 bits per heavy atom. The minimum Gasteiger partial charge on any atom is -0.494 e. The third-order valence-electron chi connectivity index (χ3n) is 5.92. The Labute approximate surface area is 197 Å². The van der Waals surface area contributed by atoms with Crippen molar-refractivity contribution in [1.29, 1.82) is 0 Å². The fraction of sp³-hybridized carbons (Fsp3) is 0.154. The smallest absolute Gasteiger partial charge is 0.212 e. The van der Waals surface area contributed by atoms with Gasteiger partial charge in [0.15, 0.2) is 5.65 Å². The maximum absolute atomic E-state index is 13.9. The number of para-hydroxylation sites is 2. The third kappa shape index (κ3) is 3.47. The van der Waals surface area contributed by atoms with E-state index in [1.54, 1.807) is 28.8 Å². The van der Waals surface area contributed by atoms with Gasteiger partial charge >= 0.3 is 0 Å². The van der Waals surface area contributed by atoms with Crippen LogP contribution >= 0.6 is 0 Å². The highest BCUT2D eigenvalue weighted by atomic mass is 32.2. The first-order chi connectivity index (χ1) is 16.3. The van der Waals surface area contributed by atoms with E-state index in [2.05, 4.69) is 0 Å². The van der Waals surface area contributed by atoms with Crippen molar-refractivity contribution in [2.24, 2.45) is 0 Å². The summed E-state index contributed by atoms with van der Waals surface area (Å²) in [5, 5.41) is 0. The van der Waals surface area contributed by atoms with Crippen molar-refractivity contribution in [2.75, 3.05) is 12.3 Å². The lowest BCUT2D eigenvalue weighted by atomic mass is 10.1. The first-order valence-electron chi connectivity index (χ1n) is 10.9. The zero-order valence-electron chi connectivity index (χ0n) is 19.1. The lowest BCUT2D eigenvalue weighted by molar-refractivity contribution is 0.340. The molecule has 0 aliphatic carbocycles. The minimum absolute atomic E-state index is 0.0436. The van der Waals surface area contributed by atoms with Gasteiger partial charge < -0.3 is 10.5 Å². The monoisotopic (exact) mass is 472 g/mol. The number of ether oxygens (including phenoxy) is 1. The average Bonchev–Trinajstić information content (AvgIpc) is 3.11. The van der Waals surface area contributed by atoms with Gasteiger partial charge in [-0.3, -0.25) is 4.57 Å². The minimum atomic E-state index is -3.98. The zero-order chi connectivity index (χ0) is 24.0. The molecule has 0 amide bonds. The molecular weight excluding hydrogens is 448 g/mol. The number of benzene rings is 3. The molecule has 5 aromatic rings. The summed E-state index contributed by atoms with van der Waals surface area (Å²) in [6.45, 7) is 6.28. The van der Waals surface area contributed by atoms with Crippen molar-refractivity contribution in [2.45, 2.75) is 30.6 Å². The molecule has 0 saturated heterocycles. The fourth-order valence-corrected chi connectivity index (χ4v) is 5.59. The molecule has 0 bridgehead atoms. The molecule has 0 saturated carbocycles. The summed E-state index contributed by atoms with van der Waals surface area (Å²) in [4.78, 5) is 9.58. The molecule has 0 spiro atoms. The van der Waals surface area contributed by atoms with Crippen LogP contribution in [-0.4, -0.2) is 29.6 Å². The second-order valence-corrected chi connectivity index (χ2v) is 10.00. The van der Waals surface area contributed by atoms with E-state index in [9.17, 15) is 8.42 Å². The number of nitrogen functional groups attached to an aromatic ring is 1. The zero-order valence-corrected chi connectivity index (χ0v) is 19.9. The molecule has 0 aliphatic rings. The molecule has 2 aromatic heterocycles. The quantitative estimate of drug-likeness (QED) is 0.386. The van der Waals surface area contributed by atoms with Gasteiger partial charge in [-0.2, -0.15) is 0 Å². The van der Waals surface area contributed by atoms with Crippen LogP contribution in [0.4, 0.5) is 5.82 Å². The predicted molar refractivity (Wildman–Crippen MR) is 133 cm³/mol. The Bertz CT molecular complexity index is 1660. The molecule has 0 radical (unpaired) electrons. The van der Waals surface area contributed by atoms with Crippen molar-refractivity contribution >= 4 is 37.9 Å². The van der Waals surface area contributed by atoms with Crippen LogP contribution < -0.4 is 10.5 Å². The average molecular weight is 473 g/mol. The van der Waals surface area contributed by atoms with Crippen LogP contribution in [-0.2, 0) is 9.84 Å². The Kier molecular flexibility index (Phi) is 5.25. The first kappa shape index (κ1) is 21.9. The number of nitrogens with zero attached hydrogens (tertiary/aromatic N) is 3. The van der Waals surface area contributed by atoms with Crippen LogP contribution in [0.2, 0.25) is 0 Å². The maximum Gasteiger partial charge on any atom is 0.212 e. The highest BCUT2D eigenvalue weighted by Crippen LogP contribution is 2.37. The molecule has 0 aliphatic heterocycles. The van der Waals surface area contributed by atoms with Crippen LogP contribution in [0.25, 0.3) is 27.9 Å². The van der Waals surface area contributed by atoms with Gasteiger partial charge in [0, 0.05) is 5.69 Å². The highest BCUT2D eigenvalue weighted by molar-refractivity contribution is 7.92. The van der Waals surface area contributed by atoms with Gasteiger partial charge in [-0.05, 0) is 80.4 Å². The number of aryl methyl sites for hydroxylation is 2. The summed E-state index contributed by atoms with van der Waals surface area (Å²) < 4.78 is 34.9. The number of rotatable bonds is 5. The largest absolute Gasteiger partial charge is 0.494 e. The Morgan fingerprint density at radius 2 is 1.59 bits per heavy atom. The second-order valence-electron chi connectivity index (χ2n) is 8.11. The van der Waals surface area contributed by atoms with Gasteiger partial charge in [0.2, 0.25) is 9.84 Å². The lowest BCUT2D eigenvalue weighted by Gasteiger charge is -2.10. The number of anilines is 1. The maximum atomic E-state index is 13.9. The summed E-state index contributed by atoms with van der Waals surface area (Å²) >= 11 is 0. The van der Waals surface area contributed by atoms with Crippen molar-refractivity contribution in [3.8, 4) is 11.4 Å². The Hall–Kier alpha value is -3.91. The van der Waals surface area contributed by atoms with Crippen LogP contribution in [0, 0.1) is 13.8 Å². The summed E-state index contributed by atoms with van der Waals surface area (Å²) in [6.07, 6.45) is 0. The molecule has 3 aromatic carbocycles. The number of nitrogens with two attached hydrogens (primary N) is 1. The van der Waals surface area contributed by atoms with E-state index in [-0.39, 0.29) is 21.1 Å². The summed E-state index contributed by atoms with van der Waals surface area (Å²) in [7, 11) is -3.98. The molecule has 172 valence electrons. The van der Waals surface area contributed by atoms with E-state index in [0.29, 0.717) is 34.7 Å². The topological polar surface area (TPSA) is 100 Å². The molecular formula is C26H24N4O3S. The fourth-order valence-electron chi connectivity index (χ4n) is 4.02. The molecule has 2 N–H and O–H groups in total. The van der Waals surface area contributed by atoms with Crippen molar-refractivity contribution in [3.63, 3.8) is 0 Å².